The minimum Gasteiger partial charge on any atom is -0.497 e. The molecule has 1 aliphatic carbocycles. The highest BCUT2D eigenvalue weighted by molar-refractivity contribution is 5.95. The molecule has 1 heterocycles. The molecule has 0 aromatic heterocycles. The van der Waals surface area contributed by atoms with E-state index >= 15 is 0 Å². The first-order valence-corrected chi connectivity index (χ1v) is 9.38. The van der Waals surface area contributed by atoms with Crippen molar-refractivity contribution in [2.24, 2.45) is 0 Å². The van der Waals surface area contributed by atoms with E-state index in [4.69, 9.17) is 9.47 Å². The van der Waals surface area contributed by atoms with Crippen LogP contribution in [0.2, 0.25) is 0 Å². The van der Waals surface area contributed by atoms with Crippen LogP contribution >= 0.6 is 0 Å². The zero-order valence-corrected chi connectivity index (χ0v) is 15.8. The molecule has 27 heavy (non-hydrogen) atoms. The van der Waals surface area contributed by atoms with Gasteiger partial charge in [-0.1, -0.05) is 31.4 Å². The molecular formula is C20H27N3O4. The Balaban J connectivity index is 1.87. The molecule has 1 aliphatic heterocycles. The predicted molar refractivity (Wildman–Crippen MR) is 101 cm³/mol. The molecule has 1 saturated carbocycles. The Morgan fingerprint density at radius 2 is 1.85 bits per heavy atom. The van der Waals surface area contributed by atoms with Crippen LogP contribution in [0.3, 0.4) is 0 Å². The first-order valence-electron chi connectivity index (χ1n) is 9.38. The van der Waals surface area contributed by atoms with Crippen LogP contribution in [0.5, 0.6) is 5.75 Å². The average molecular weight is 373 g/mol. The fourth-order valence-corrected chi connectivity index (χ4v) is 3.71. The third-order valence-corrected chi connectivity index (χ3v) is 5.18. The Hall–Kier alpha value is -2.54. The van der Waals surface area contributed by atoms with Gasteiger partial charge >= 0.3 is 12.0 Å². The first kappa shape index (κ1) is 19.2. The lowest BCUT2D eigenvalue weighted by atomic mass is 9.93. The van der Waals surface area contributed by atoms with Crippen molar-refractivity contribution in [3.05, 3.63) is 41.1 Å². The fourth-order valence-electron chi connectivity index (χ4n) is 3.71. The van der Waals surface area contributed by atoms with E-state index in [1.807, 2.05) is 12.1 Å². The quantitative estimate of drug-likeness (QED) is 0.667. The maximum Gasteiger partial charge on any atom is 0.338 e. The van der Waals surface area contributed by atoms with Crippen LogP contribution in [0.1, 0.15) is 43.7 Å². The zero-order chi connectivity index (χ0) is 19.2. The summed E-state index contributed by atoms with van der Waals surface area (Å²) in [5, 5.41) is 9.09. The SMILES string of the molecule is COC(=O)C1=C(CNC2CCCCC2)NC(=O)NC1c1ccc(OC)cc1. The van der Waals surface area contributed by atoms with Gasteiger partial charge in [-0.05, 0) is 30.5 Å². The second-order valence-corrected chi connectivity index (χ2v) is 6.90. The Bertz CT molecular complexity index is 708. The number of urea groups is 1. The molecule has 0 radical (unpaired) electrons. The van der Waals surface area contributed by atoms with Crippen molar-refractivity contribution in [1.29, 1.82) is 0 Å². The van der Waals surface area contributed by atoms with Crippen molar-refractivity contribution in [3.63, 3.8) is 0 Å². The normalized spacial score (nSPS) is 20.7. The highest BCUT2D eigenvalue weighted by atomic mass is 16.5. The Morgan fingerprint density at radius 1 is 1.15 bits per heavy atom. The summed E-state index contributed by atoms with van der Waals surface area (Å²) in [6.07, 6.45) is 5.93. The lowest BCUT2D eigenvalue weighted by Gasteiger charge is -2.31. The van der Waals surface area contributed by atoms with Crippen molar-refractivity contribution in [2.75, 3.05) is 20.8 Å². The molecule has 0 saturated heterocycles. The van der Waals surface area contributed by atoms with Gasteiger partial charge in [0.15, 0.2) is 0 Å². The number of rotatable bonds is 6. The molecule has 1 aromatic carbocycles. The number of carbonyl (C=O) groups excluding carboxylic acids is 2. The predicted octanol–water partition coefficient (Wildman–Crippen LogP) is 2.40. The molecule has 3 N–H and O–H groups in total. The summed E-state index contributed by atoms with van der Waals surface area (Å²) >= 11 is 0. The van der Waals surface area contributed by atoms with E-state index in [1.54, 1.807) is 19.2 Å². The van der Waals surface area contributed by atoms with Crippen molar-refractivity contribution in [2.45, 2.75) is 44.2 Å². The van der Waals surface area contributed by atoms with Crippen LogP contribution in [0.15, 0.2) is 35.5 Å². The van der Waals surface area contributed by atoms with Gasteiger partial charge in [-0.2, -0.15) is 0 Å². The van der Waals surface area contributed by atoms with E-state index in [2.05, 4.69) is 16.0 Å². The third-order valence-electron chi connectivity index (χ3n) is 5.18. The number of amides is 2. The molecule has 1 unspecified atom stereocenters. The number of hydrogen-bond acceptors (Lipinski definition) is 5. The second kappa shape index (κ2) is 8.90. The van der Waals surface area contributed by atoms with Crippen molar-refractivity contribution in [3.8, 4) is 5.75 Å². The van der Waals surface area contributed by atoms with E-state index in [-0.39, 0.29) is 6.03 Å². The maximum atomic E-state index is 12.5. The fraction of sp³-hybridized carbons (Fsp3) is 0.500. The highest BCUT2D eigenvalue weighted by Crippen LogP contribution is 2.29. The Kier molecular flexibility index (Phi) is 6.34. The summed E-state index contributed by atoms with van der Waals surface area (Å²) < 4.78 is 10.2. The lowest BCUT2D eigenvalue weighted by Crippen LogP contribution is -2.48. The topological polar surface area (TPSA) is 88.7 Å². The molecule has 2 aliphatic rings. The molecule has 0 bridgehead atoms. The molecule has 7 heteroatoms. The van der Waals surface area contributed by atoms with Crippen LogP contribution in [0, 0.1) is 0 Å². The van der Waals surface area contributed by atoms with Crippen LogP contribution in [0.25, 0.3) is 0 Å². The van der Waals surface area contributed by atoms with Crippen LogP contribution < -0.4 is 20.7 Å². The van der Waals surface area contributed by atoms with Crippen molar-refractivity contribution >= 4 is 12.0 Å². The largest absolute Gasteiger partial charge is 0.497 e. The number of ether oxygens (including phenoxy) is 2. The Labute approximate surface area is 159 Å². The van der Waals surface area contributed by atoms with E-state index in [1.165, 1.54) is 26.4 Å². The first-order chi connectivity index (χ1) is 13.1. The minimum absolute atomic E-state index is 0.330. The number of benzene rings is 1. The average Bonchev–Trinajstić information content (AvgIpc) is 2.72. The monoisotopic (exact) mass is 373 g/mol. The molecule has 1 fully saturated rings. The Morgan fingerprint density at radius 3 is 2.48 bits per heavy atom. The van der Waals surface area contributed by atoms with Gasteiger partial charge in [-0.3, -0.25) is 0 Å². The number of methoxy groups -OCH3 is 2. The third kappa shape index (κ3) is 4.60. The van der Waals surface area contributed by atoms with E-state index in [9.17, 15) is 9.59 Å². The van der Waals surface area contributed by atoms with Gasteiger partial charge in [0.05, 0.1) is 25.8 Å². The summed E-state index contributed by atoms with van der Waals surface area (Å²) in [6, 6.07) is 6.80. The van der Waals surface area contributed by atoms with Crippen LogP contribution in [0.4, 0.5) is 4.79 Å². The van der Waals surface area contributed by atoms with Crippen molar-refractivity contribution in [1.82, 2.24) is 16.0 Å². The summed E-state index contributed by atoms with van der Waals surface area (Å²) in [5.74, 6) is 0.255. The van der Waals surface area contributed by atoms with Gasteiger partial charge in [0, 0.05) is 18.3 Å². The highest BCUT2D eigenvalue weighted by Gasteiger charge is 2.33. The molecule has 7 nitrogen and oxygen atoms in total. The van der Waals surface area contributed by atoms with Gasteiger partial charge in [0.1, 0.15) is 5.75 Å². The molecule has 3 rings (SSSR count). The van der Waals surface area contributed by atoms with Crippen LogP contribution in [-0.4, -0.2) is 38.8 Å². The molecule has 1 atom stereocenters. The smallest absolute Gasteiger partial charge is 0.338 e. The van der Waals surface area contributed by atoms with Gasteiger partial charge in [-0.25, -0.2) is 9.59 Å². The van der Waals surface area contributed by atoms with E-state index in [0.29, 0.717) is 29.6 Å². The summed E-state index contributed by atoms with van der Waals surface area (Å²) in [7, 11) is 2.94. The van der Waals surface area contributed by atoms with Crippen LogP contribution in [-0.2, 0) is 9.53 Å². The standard InChI is InChI=1S/C20H27N3O4/c1-26-15-10-8-13(9-11-15)18-17(19(24)27-2)16(22-20(25)23-18)12-21-14-6-4-3-5-7-14/h8-11,14,18,21H,3-7,12H2,1-2H3,(H2,22,23,25). The second-order valence-electron chi connectivity index (χ2n) is 6.90. The molecular weight excluding hydrogens is 346 g/mol. The van der Waals surface area contributed by atoms with Gasteiger partial charge < -0.3 is 25.4 Å². The molecule has 2 amide bonds. The van der Waals surface area contributed by atoms with Gasteiger partial charge in [-0.15, -0.1) is 0 Å². The molecule has 146 valence electrons. The summed E-state index contributed by atoms with van der Waals surface area (Å²) in [4.78, 5) is 24.7. The minimum atomic E-state index is -0.569. The van der Waals surface area contributed by atoms with Gasteiger partial charge in [0.25, 0.3) is 0 Å². The summed E-state index contributed by atoms with van der Waals surface area (Å²) in [6.45, 7) is 0.426. The van der Waals surface area contributed by atoms with E-state index < -0.39 is 12.0 Å². The lowest BCUT2D eigenvalue weighted by molar-refractivity contribution is -0.136. The maximum absolute atomic E-state index is 12.5. The zero-order valence-electron chi connectivity index (χ0n) is 15.8. The number of nitrogens with one attached hydrogen (secondary N) is 3. The van der Waals surface area contributed by atoms with Crippen molar-refractivity contribution < 1.29 is 19.1 Å². The number of hydrogen-bond donors (Lipinski definition) is 3. The molecule has 0 spiro atoms. The molecule has 1 aromatic rings. The number of carbonyl (C=O) groups is 2. The number of esters is 1. The summed E-state index contributed by atoms with van der Waals surface area (Å²) in [5.41, 5.74) is 1.78. The van der Waals surface area contributed by atoms with E-state index in [0.717, 1.165) is 18.4 Å². The van der Waals surface area contributed by atoms with Gasteiger partial charge in [0.2, 0.25) is 0 Å².